The lowest BCUT2D eigenvalue weighted by Gasteiger charge is -2.23. The summed E-state index contributed by atoms with van der Waals surface area (Å²) in [4.78, 5) is 28.9. The lowest BCUT2D eigenvalue weighted by atomic mass is 10.1. The van der Waals surface area contributed by atoms with Crippen LogP contribution in [-0.4, -0.2) is 62.0 Å². The first-order valence-electron chi connectivity index (χ1n) is 8.90. The van der Waals surface area contributed by atoms with Gasteiger partial charge in [-0.2, -0.15) is 0 Å². The molecule has 0 aromatic heterocycles. The zero-order valence-electron chi connectivity index (χ0n) is 15.4. The molecular weight excluding hydrogens is 320 g/mol. The highest BCUT2D eigenvalue weighted by atomic mass is 16.5. The Morgan fingerprint density at radius 2 is 1.60 bits per heavy atom. The number of unbranched alkanes of at least 4 members (excludes halogenated alkanes) is 1. The van der Waals surface area contributed by atoms with Gasteiger partial charge in [0.2, 0.25) is 5.91 Å². The van der Waals surface area contributed by atoms with Gasteiger partial charge in [-0.1, -0.05) is 19.4 Å². The Bertz CT molecular complexity index is 581. The number of amides is 2. The predicted octanol–water partition coefficient (Wildman–Crippen LogP) is 2.57. The Morgan fingerprint density at radius 1 is 1.00 bits per heavy atom. The Morgan fingerprint density at radius 3 is 2.20 bits per heavy atom. The van der Waals surface area contributed by atoms with Crippen LogP contribution in [0.1, 0.15) is 43.0 Å². The van der Waals surface area contributed by atoms with E-state index in [9.17, 15) is 9.59 Å². The fourth-order valence-electron chi connectivity index (χ4n) is 3.08. The molecule has 1 aromatic rings. The Hall–Kier alpha value is -2.24. The fraction of sp³-hybridized carbons (Fsp3) is 0.579. The lowest BCUT2D eigenvalue weighted by Crippen LogP contribution is -2.37. The summed E-state index contributed by atoms with van der Waals surface area (Å²) in [5.41, 5.74) is 0.443. The molecule has 1 saturated heterocycles. The zero-order valence-corrected chi connectivity index (χ0v) is 15.4. The molecule has 138 valence electrons. The number of benzene rings is 1. The number of hydrogen-bond donors (Lipinski definition) is 0. The third-order valence-corrected chi connectivity index (χ3v) is 4.52. The molecule has 0 spiro atoms. The summed E-state index contributed by atoms with van der Waals surface area (Å²) in [6.07, 6.45) is 3.29. The first kappa shape index (κ1) is 19.1. The van der Waals surface area contributed by atoms with Crippen molar-refractivity contribution in [3.63, 3.8) is 0 Å². The molecule has 0 aliphatic carbocycles. The molecule has 0 atom stereocenters. The summed E-state index contributed by atoms with van der Waals surface area (Å²) in [6.45, 7) is 4.51. The summed E-state index contributed by atoms with van der Waals surface area (Å²) in [5.74, 6) is 1.08. The largest absolute Gasteiger partial charge is 0.496 e. The van der Waals surface area contributed by atoms with Crippen LogP contribution in [0.5, 0.6) is 11.5 Å². The molecule has 0 saturated carbocycles. The van der Waals surface area contributed by atoms with E-state index in [1.165, 1.54) is 0 Å². The molecule has 0 bridgehead atoms. The molecule has 1 aromatic carbocycles. The van der Waals surface area contributed by atoms with Crippen LogP contribution in [0.2, 0.25) is 0 Å². The van der Waals surface area contributed by atoms with E-state index in [0.29, 0.717) is 49.7 Å². The van der Waals surface area contributed by atoms with Gasteiger partial charge in [-0.05, 0) is 25.0 Å². The van der Waals surface area contributed by atoms with Crippen LogP contribution in [0.25, 0.3) is 0 Å². The maximum Gasteiger partial charge on any atom is 0.261 e. The van der Waals surface area contributed by atoms with Gasteiger partial charge in [-0.25, -0.2) is 0 Å². The van der Waals surface area contributed by atoms with Crippen LogP contribution in [0.3, 0.4) is 0 Å². The van der Waals surface area contributed by atoms with Crippen LogP contribution in [0.15, 0.2) is 18.2 Å². The van der Waals surface area contributed by atoms with Gasteiger partial charge in [0.15, 0.2) is 0 Å². The Labute approximate surface area is 149 Å². The smallest absolute Gasteiger partial charge is 0.261 e. The SMILES string of the molecule is CCCCC(=O)N1CCCN(C(=O)c2c(OC)cccc2OC)CC1. The fourth-order valence-corrected chi connectivity index (χ4v) is 3.08. The van der Waals surface area contributed by atoms with Crippen LogP contribution in [-0.2, 0) is 4.79 Å². The molecule has 25 heavy (non-hydrogen) atoms. The molecule has 6 heteroatoms. The van der Waals surface area contributed by atoms with Gasteiger partial charge in [0, 0.05) is 32.6 Å². The standard InChI is InChI=1S/C19H28N2O4/c1-4-5-10-17(22)20-11-7-12-21(14-13-20)19(23)18-15(24-2)8-6-9-16(18)25-3/h6,8-9H,4-5,7,10-14H2,1-3H3. The summed E-state index contributed by atoms with van der Waals surface area (Å²) in [5, 5.41) is 0. The van der Waals surface area contributed by atoms with Crippen molar-refractivity contribution in [2.75, 3.05) is 40.4 Å². The third kappa shape index (κ3) is 4.65. The van der Waals surface area contributed by atoms with E-state index in [1.807, 2.05) is 4.90 Å². The molecular formula is C19H28N2O4. The molecule has 0 N–H and O–H groups in total. The van der Waals surface area contributed by atoms with Gasteiger partial charge in [-0.3, -0.25) is 9.59 Å². The minimum Gasteiger partial charge on any atom is -0.496 e. The van der Waals surface area contributed by atoms with Crippen LogP contribution in [0, 0.1) is 0 Å². The summed E-state index contributed by atoms with van der Waals surface area (Å²) < 4.78 is 10.7. The number of carbonyl (C=O) groups excluding carboxylic acids is 2. The zero-order chi connectivity index (χ0) is 18.2. The minimum absolute atomic E-state index is 0.114. The number of methoxy groups -OCH3 is 2. The first-order valence-corrected chi connectivity index (χ1v) is 8.90. The Kier molecular flexibility index (Phi) is 7.10. The minimum atomic E-state index is -0.114. The lowest BCUT2D eigenvalue weighted by molar-refractivity contribution is -0.131. The monoisotopic (exact) mass is 348 g/mol. The van der Waals surface area contributed by atoms with Crippen LogP contribution >= 0.6 is 0 Å². The van der Waals surface area contributed by atoms with Gasteiger partial charge in [0.1, 0.15) is 17.1 Å². The number of carbonyl (C=O) groups is 2. The molecule has 1 fully saturated rings. The second-order valence-electron chi connectivity index (χ2n) is 6.17. The van der Waals surface area contributed by atoms with Crippen molar-refractivity contribution in [2.45, 2.75) is 32.6 Å². The average molecular weight is 348 g/mol. The second kappa shape index (κ2) is 9.30. The maximum atomic E-state index is 13.0. The topological polar surface area (TPSA) is 59.1 Å². The number of nitrogens with zero attached hydrogens (tertiary/aromatic N) is 2. The van der Waals surface area contributed by atoms with Gasteiger partial charge >= 0.3 is 0 Å². The van der Waals surface area contributed by atoms with Crippen molar-refractivity contribution < 1.29 is 19.1 Å². The molecule has 1 heterocycles. The summed E-state index contributed by atoms with van der Waals surface area (Å²) in [6, 6.07) is 5.31. The van der Waals surface area contributed by atoms with E-state index < -0.39 is 0 Å². The molecule has 1 aliphatic rings. The molecule has 2 rings (SSSR count). The van der Waals surface area contributed by atoms with E-state index in [4.69, 9.17) is 9.47 Å². The number of rotatable bonds is 6. The third-order valence-electron chi connectivity index (χ3n) is 4.52. The molecule has 0 unspecified atom stereocenters. The van der Waals surface area contributed by atoms with Crippen molar-refractivity contribution >= 4 is 11.8 Å². The number of ether oxygens (including phenoxy) is 2. The average Bonchev–Trinajstić information content (AvgIpc) is 2.91. The van der Waals surface area contributed by atoms with E-state index >= 15 is 0 Å². The van der Waals surface area contributed by atoms with Crippen molar-refractivity contribution in [3.8, 4) is 11.5 Å². The highest BCUT2D eigenvalue weighted by Crippen LogP contribution is 2.29. The molecule has 0 radical (unpaired) electrons. The van der Waals surface area contributed by atoms with Crippen molar-refractivity contribution in [3.05, 3.63) is 23.8 Å². The second-order valence-corrected chi connectivity index (χ2v) is 6.17. The number of hydrogen-bond acceptors (Lipinski definition) is 4. The molecule has 6 nitrogen and oxygen atoms in total. The first-order chi connectivity index (χ1) is 12.1. The van der Waals surface area contributed by atoms with Gasteiger partial charge < -0.3 is 19.3 Å². The van der Waals surface area contributed by atoms with Gasteiger partial charge in [0.25, 0.3) is 5.91 Å². The van der Waals surface area contributed by atoms with E-state index in [0.717, 1.165) is 19.3 Å². The highest BCUT2D eigenvalue weighted by Gasteiger charge is 2.26. The highest BCUT2D eigenvalue weighted by molar-refractivity contribution is 5.99. The van der Waals surface area contributed by atoms with E-state index in [1.54, 1.807) is 37.3 Å². The predicted molar refractivity (Wildman–Crippen MR) is 96.2 cm³/mol. The quantitative estimate of drug-likeness (QED) is 0.793. The summed E-state index contributed by atoms with van der Waals surface area (Å²) in [7, 11) is 3.09. The van der Waals surface area contributed by atoms with E-state index in [-0.39, 0.29) is 11.8 Å². The van der Waals surface area contributed by atoms with Crippen LogP contribution < -0.4 is 9.47 Å². The molecule has 2 amide bonds. The summed E-state index contributed by atoms with van der Waals surface area (Å²) >= 11 is 0. The maximum absolute atomic E-state index is 13.0. The van der Waals surface area contributed by atoms with Gasteiger partial charge in [-0.15, -0.1) is 0 Å². The van der Waals surface area contributed by atoms with Crippen LogP contribution in [0.4, 0.5) is 0 Å². The van der Waals surface area contributed by atoms with E-state index in [2.05, 4.69) is 6.92 Å². The van der Waals surface area contributed by atoms with Crippen molar-refractivity contribution in [1.82, 2.24) is 9.80 Å². The van der Waals surface area contributed by atoms with Gasteiger partial charge in [0.05, 0.1) is 14.2 Å². The van der Waals surface area contributed by atoms with Crippen molar-refractivity contribution in [2.24, 2.45) is 0 Å². The Balaban J connectivity index is 2.10. The van der Waals surface area contributed by atoms with Crippen molar-refractivity contribution in [1.29, 1.82) is 0 Å². The molecule has 1 aliphatic heterocycles. The normalized spacial score (nSPS) is 14.8.